The third-order valence-electron chi connectivity index (χ3n) is 3.18. The molecule has 2 rings (SSSR count). The first-order valence-electron chi connectivity index (χ1n) is 7.04. The molecule has 0 bridgehead atoms. The molecular formula is C16H21N3O3. The van der Waals surface area contributed by atoms with Crippen LogP contribution < -0.4 is 4.74 Å². The van der Waals surface area contributed by atoms with Crippen LogP contribution >= 0.6 is 0 Å². The molecule has 1 aromatic carbocycles. The number of rotatable bonds is 4. The lowest BCUT2D eigenvalue weighted by molar-refractivity contribution is -0.138. The summed E-state index contributed by atoms with van der Waals surface area (Å²) in [6.07, 6.45) is 0. The number of carbonyl (C=O) groups excluding carboxylic acids is 1. The van der Waals surface area contributed by atoms with Gasteiger partial charge in [0.1, 0.15) is 5.75 Å². The molecule has 118 valence electrons. The van der Waals surface area contributed by atoms with Crippen LogP contribution in [0.15, 0.2) is 28.8 Å². The summed E-state index contributed by atoms with van der Waals surface area (Å²) in [4.78, 5) is 18.1. The maximum atomic E-state index is 12.1. The molecule has 0 fully saturated rings. The highest BCUT2D eigenvalue weighted by Crippen LogP contribution is 2.21. The van der Waals surface area contributed by atoms with Crippen LogP contribution in [-0.2, 0) is 11.3 Å². The van der Waals surface area contributed by atoms with Gasteiger partial charge in [0.05, 0.1) is 13.7 Å². The Labute approximate surface area is 130 Å². The zero-order valence-electron chi connectivity index (χ0n) is 13.6. The second kappa shape index (κ2) is 6.17. The summed E-state index contributed by atoms with van der Waals surface area (Å²) in [6, 6.07) is 7.39. The van der Waals surface area contributed by atoms with E-state index in [0.717, 1.165) is 11.3 Å². The summed E-state index contributed by atoms with van der Waals surface area (Å²) < 4.78 is 10.3. The van der Waals surface area contributed by atoms with Gasteiger partial charge in [-0.25, -0.2) is 0 Å². The molecule has 0 saturated carbocycles. The molecule has 1 amide bonds. The van der Waals surface area contributed by atoms with Crippen molar-refractivity contribution in [2.45, 2.75) is 27.3 Å². The number of amides is 1. The molecule has 6 heteroatoms. The van der Waals surface area contributed by atoms with E-state index >= 15 is 0 Å². The van der Waals surface area contributed by atoms with Crippen molar-refractivity contribution in [2.75, 3.05) is 14.2 Å². The van der Waals surface area contributed by atoms with E-state index in [9.17, 15) is 4.79 Å². The summed E-state index contributed by atoms with van der Waals surface area (Å²) >= 11 is 0. The van der Waals surface area contributed by atoms with Crippen LogP contribution in [0.5, 0.6) is 5.75 Å². The number of hydrogen-bond acceptors (Lipinski definition) is 5. The van der Waals surface area contributed by atoms with E-state index in [0.29, 0.717) is 18.3 Å². The molecule has 1 aromatic heterocycles. The quantitative estimate of drug-likeness (QED) is 0.868. The molecule has 0 radical (unpaired) electrons. The Morgan fingerprint density at radius 3 is 2.45 bits per heavy atom. The number of carbonyl (C=O) groups is 1. The molecule has 0 atom stereocenters. The SMILES string of the molecule is COc1ccc(-c2noc(CN(C)C(=O)C(C)(C)C)n2)cc1. The fraction of sp³-hybridized carbons (Fsp3) is 0.438. The van der Waals surface area contributed by atoms with E-state index in [2.05, 4.69) is 10.1 Å². The molecule has 2 aromatic rings. The lowest BCUT2D eigenvalue weighted by Gasteiger charge is -2.24. The van der Waals surface area contributed by atoms with Gasteiger partial charge in [-0.05, 0) is 24.3 Å². The second-order valence-electron chi connectivity index (χ2n) is 6.15. The predicted octanol–water partition coefficient (Wildman–Crippen LogP) is 2.75. The molecule has 22 heavy (non-hydrogen) atoms. The molecule has 1 heterocycles. The number of hydrogen-bond donors (Lipinski definition) is 0. The first-order valence-corrected chi connectivity index (χ1v) is 7.04. The Kier molecular flexibility index (Phi) is 4.49. The summed E-state index contributed by atoms with van der Waals surface area (Å²) in [7, 11) is 3.34. The van der Waals surface area contributed by atoms with Crippen LogP contribution in [0, 0.1) is 5.41 Å². The number of ether oxygens (including phenoxy) is 1. The maximum Gasteiger partial charge on any atom is 0.246 e. The molecule has 6 nitrogen and oxygen atoms in total. The molecule has 0 aliphatic carbocycles. The van der Waals surface area contributed by atoms with Gasteiger partial charge < -0.3 is 14.2 Å². The van der Waals surface area contributed by atoms with E-state index in [-0.39, 0.29) is 5.91 Å². The van der Waals surface area contributed by atoms with Crippen molar-refractivity contribution >= 4 is 5.91 Å². The van der Waals surface area contributed by atoms with Crippen LogP contribution in [0.3, 0.4) is 0 Å². The van der Waals surface area contributed by atoms with Crippen LogP contribution in [0.4, 0.5) is 0 Å². The highest BCUT2D eigenvalue weighted by molar-refractivity contribution is 5.81. The fourth-order valence-corrected chi connectivity index (χ4v) is 2.02. The van der Waals surface area contributed by atoms with E-state index in [1.165, 1.54) is 0 Å². The minimum Gasteiger partial charge on any atom is -0.497 e. The number of nitrogens with zero attached hydrogens (tertiary/aromatic N) is 3. The first kappa shape index (κ1) is 16.0. The van der Waals surface area contributed by atoms with E-state index in [1.807, 2.05) is 45.0 Å². The second-order valence-corrected chi connectivity index (χ2v) is 6.15. The topological polar surface area (TPSA) is 68.5 Å². The summed E-state index contributed by atoms with van der Waals surface area (Å²) in [5.74, 6) is 1.69. The summed E-state index contributed by atoms with van der Waals surface area (Å²) in [6.45, 7) is 5.92. The van der Waals surface area contributed by atoms with Crippen LogP contribution in [0.1, 0.15) is 26.7 Å². The lowest BCUT2D eigenvalue weighted by Crippen LogP contribution is -2.36. The standard InChI is InChI=1S/C16H21N3O3/c1-16(2,3)15(20)19(4)10-13-17-14(18-22-13)11-6-8-12(21-5)9-7-11/h6-9H,10H2,1-5H3. The summed E-state index contributed by atoms with van der Waals surface area (Å²) in [5, 5.41) is 3.95. The van der Waals surface area contributed by atoms with Gasteiger partial charge in [-0.3, -0.25) is 4.79 Å². The van der Waals surface area contributed by atoms with Gasteiger partial charge in [0.25, 0.3) is 0 Å². The van der Waals surface area contributed by atoms with Gasteiger partial charge in [-0.15, -0.1) is 0 Å². The zero-order chi connectivity index (χ0) is 16.3. The highest BCUT2D eigenvalue weighted by atomic mass is 16.5. The van der Waals surface area contributed by atoms with E-state index in [1.54, 1.807) is 19.1 Å². The third kappa shape index (κ3) is 3.63. The minimum atomic E-state index is -0.437. The van der Waals surface area contributed by atoms with Crippen molar-refractivity contribution in [3.8, 4) is 17.1 Å². The monoisotopic (exact) mass is 303 g/mol. The zero-order valence-corrected chi connectivity index (χ0v) is 13.6. The van der Waals surface area contributed by atoms with Crippen molar-refractivity contribution in [1.82, 2.24) is 15.0 Å². The number of benzene rings is 1. The molecule has 0 aliphatic heterocycles. The molecule has 0 unspecified atom stereocenters. The Morgan fingerprint density at radius 2 is 1.91 bits per heavy atom. The maximum absolute atomic E-state index is 12.1. The number of methoxy groups -OCH3 is 1. The molecule has 0 saturated heterocycles. The van der Waals surface area contributed by atoms with Gasteiger partial charge in [0, 0.05) is 18.0 Å². The largest absolute Gasteiger partial charge is 0.497 e. The molecule has 0 N–H and O–H groups in total. The summed E-state index contributed by atoms with van der Waals surface area (Å²) in [5.41, 5.74) is 0.397. The Morgan fingerprint density at radius 1 is 1.27 bits per heavy atom. The van der Waals surface area contributed by atoms with Gasteiger partial charge >= 0.3 is 0 Å². The lowest BCUT2D eigenvalue weighted by atomic mass is 9.95. The van der Waals surface area contributed by atoms with Crippen molar-refractivity contribution in [1.29, 1.82) is 0 Å². The van der Waals surface area contributed by atoms with Gasteiger partial charge in [-0.1, -0.05) is 25.9 Å². The van der Waals surface area contributed by atoms with E-state index in [4.69, 9.17) is 9.26 Å². The highest BCUT2D eigenvalue weighted by Gasteiger charge is 2.26. The Bertz CT molecular complexity index is 641. The van der Waals surface area contributed by atoms with Crippen LogP contribution in [-0.4, -0.2) is 35.1 Å². The van der Waals surface area contributed by atoms with Crippen molar-refractivity contribution < 1.29 is 14.1 Å². The van der Waals surface area contributed by atoms with Gasteiger partial charge in [0.2, 0.25) is 17.6 Å². The fourth-order valence-electron chi connectivity index (χ4n) is 2.02. The average molecular weight is 303 g/mol. The van der Waals surface area contributed by atoms with Crippen molar-refractivity contribution in [2.24, 2.45) is 5.41 Å². The third-order valence-corrected chi connectivity index (χ3v) is 3.18. The van der Waals surface area contributed by atoms with Crippen molar-refractivity contribution in [3.63, 3.8) is 0 Å². The smallest absolute Gasteiger partial charge is 0.246 e. The predicted molar refractivity (Wildman–Crippen MR) is 82.2 cm³/mol. The Balaban J connectivity index is 2.09. The number of aromatic nitrogens is 2. The van der Waals surface area contributed by atoms with E-state index < -0.39 is 5.41 Å². The van der Waals surface area contributed by atoms with Crippen molar-refractivity contribution in [3.05, 3.63) is 30.2 Å². The van der Waals surface area contributed by atoms with Crippen LogP contribution in [0.25, 0.3) is 11.4 Å². The molecule has 0 aliphatic rings. The van der Waals surface area contributed by atoms with Gasteiger partial charge in [0.15, 0.2) is 0 Å². The first-order chi connectivity index (χ1) is 10.3. The normalized spacial score (nSPS) is 11.3. The van der Waals surface area contributed by atoms with Gasteiger partial charge in [-0.2, -0.15) is 4.98 Å². The average Bonchev–Trinajstić information content (AvgIpc) is 2.94. The molecule has 0 spiro atoms. The van der Waals surface area contributed by atoms with Crippen LogP contribution in [0.2, 0.25) is 0 Å². The molecular weight excluding hydrogens is 282 g/mol. The Hall–Kier alpha value is -2.37. The minimum absolute atomic E-state index is 0.0247.